The number of hydrogen-bond acceptors (Lipinski definition) is 5. The van der Waals surface area contributed by atoms with Crippen LogP contribution >= 0.6 is 14.1 Å². The zero-order valence-electron chi connectivity index (χ0n) is 45.7. The molecule has 0 heterocycles. The van der Waals surface area contributed by atoms with Crippen LogP contribution in [0.3, 0.4) is 0 Å². The van der Waals surface area contributed by atoms with Crippen LogP contribution in [0.4, 0.5) is 26.3 Å². The van der Waals surface area contributed by atoms with Gasteiger partial charge in [-0.1, -0.05) is 0 Å². The second-order valence-electron chi connectivity index (χ2n) is 20.8. The first-order chi connectivity index (χ1) is 41.8. The summed E-state index contributed by atoms with van der Waals surface area (Å²) in [6.07, 6.45) is -10.6. The van der Waals surface area contributed by atoms with Gasteiger partial charge in [-0.05, 0) is 0 Å². The number of rotatable bonds is 16. The molecule has 0 radical (unpaired) electrons. The summed E-state index contributed by atoms with van der Waals surface area (Å²) in [5.41, 5.74) is -3.26. The van der Waals surface area contributed by atoms with Gasteiger partial charge in [-0.15, -0.1) is 0 Å². The zero-order valence-corrected chi connectivity index (χ0v) is 47.5. The second-order valence-corrected chi connectivity index (χ2v) is 28.5. The molecule has 0 unspecified atom stereocenters. The van der Waals surface area contributed by atoms with Crippen LogP contribution in [0.1, 0.15) is 11.1 Å². The van der Waals surface area contributed by atoms with Crippen molar-refractivity contribution < 1.29 is 48.9 Å². The second kappa shape index (κ2) is 22.0. The number of alkyl halides is 6. The summed E-state index contributed by atoms with van der Waals surface area (Å²) in [7, 11) is -13.8. The molecule has 0 aliphatic heterocycles. The summed E-state index contributed by atoms with van der Waals surface area (Å²) in [4.78, 5) is 0. The summed E-state index contributed by atoms with van der Waals surface area (Å²) in [6.45, 7) is 0. The minimum atomic E-state index is -5.69. The molecule has 0 saturated carbocycles. The Morgan fingerprint density at radius 1 is 0.267 bits per heavy atom. The molecule has 0 saturated heterocycles. The Hall–Kier alpha value is -9.28. The van der Waals surface area contributed by atoms with Crippen LogP contribution in [0, 0.1) is 0 Å². The molecule has 13 rings (SSSR count). The Balaban J connectivity index is 1.23. The molecule has 0 aliphatic rings. The maximum absolute atomic E-state index is 15.3. The van der Waals surface area contributed by atoms with Gasteiger partial charge < -0.3 is 0 Å². The maximum atomic E-state index is 15.3. The molecule has 0 bridgehead atoms. The molecule has 0 amide bonds. The molecule has 0 atom stereocenters. The van der Waals surface area contributed by atoms with E-state index in [9.17, 15) is 0 Å². The molecule has 0 spiro atoms. The van der Waals surface area contributed by atoms with Gasteiger partial charge in [0.2, 0.25) is 0 Å². The predicted octanol–water partition coefficient (Wildman–Crippen LogP) is 17.6. The fourth-order valence-corrected chi connectivity index (χ4v) is 21.3. The molecule has 0 fully saturated rings. The quantitative estimate of drug-likeness (QED) is 0.0418. The van der Waals surface area contributed by atoms with Gasteiger partial charge in [-0.2, -0.15) is 0 Å². The van der Waals surface area contributed by atoms with E-state index in [0.29, 0.717) is 77.0 Å². The van der Waals surface area contributed by atoms with Crippen LogP contribution in [0.5, 0.6) is 17.2 Å². The average Bonchev–Trinajstić information content (AvgIpc) is 0.697. The zero-order chi connectivity index (χ0) is 59.0. The molecular weight excluding hydrogens is 1130 g/mol. The number of hydrogen-bond donors (Lipinski definition) is 0. The number of fused-ring (bicyclic) bond motifs is 4. The molecule has 13 aromatic rings. The fraction of sp³-hybridized carbons (Fsp3) is 0.0278. The Labute approximate surface area is 493 Å². The SMILES string of the molecule is FC(F)(F)c1cc(OB(OP(Oc2c3ccccc3cc3ccccc23)(c2ccccc2)(c2ccccc2)c2ccccc2)OP(Oc2c3ccccc3cc3ccccc23)(c2ccccc2)(c2ccccc2)c2ccccc2)cc(C(F)(F)F)c1. The van der Waals surface area contributed by atoms with Gasteiger partial charge in [0.1, 0.15) is 0 Å². The number of benzene rings is 13. The third-order valence-corrected chi connectivity index (χ3v) is 25.3. The molecule has 0 aliphatic carbocycles. The van der Waals surface area contributed by atoms with E-state index >= 15 is 26.3 Å². The van der Waals surface area contributed by atoms with Gasteiger partial charge in [0.15, 0.2) is 0 Å². The average molecular weight is 1180 g/mol. The molecule has 13 aromatic carbocycles. The summed E-state index contributed by atoms with van der Waals surface area (Å²) >= 11 is 0. The molecule has 14 heteroatoms. The predicted molar refractivity (Wildman–Crippen MR) is 339 cm³/mol. The van der Waals surface area contributed by atoms with Crippen molar-refractivity contribution in [2.45, 2.75) is 12.4 Å². The molecule has 86 heavy (non-hydrogen) atoms. The first kappa shape index (κ1) is 55.9. The van der Waals surface area contributed by atoms with Gasteiger partial charge in [0.05, 0.1) is 0 Å². The van der Waals surface area contributed by atoms with Gasteiger partial charge in [-0.3, -0.25) is 0 Å². The molecule has 424 valence electrons. The van der Waals surface area contributed by atoms with E-state index < -0.39 is 50.7 Å². The summed E-state index contributed by atoms with van der Waals surface area (Å²) in [6, 6.07) is 91.1. The number of halogens is 6. The van der Waals surface area contributed by atoms with E-state index in [4.69, 9.17) is 22.6 Å². The van der Waals surface area contributed by atoms with Crippen LogP contribution in [0.2, 0.25) is 0 Å². The van der Waals surface area contributed by atoms with Gasteiger partial charge in [0, 0.05) is 0 Å². The van der Waals surface area contributed by atoms with Crippen molar-refractivity contribution >= 4 is 96.4 Å². The van der Waals surface area contributed by atoms with Crippen LogP contribution in [-0.2, 0) is 21.2 Å². The monoisotopic (exact) mass is 1180 g/mol. The molecule has 0 N–H and O–H groups in total. The van der Waals surface area contributed by atoms with Crippen molar-refractivity contribution in [1.82, 2.24) is 0 Å². The van der Waals surface area contributed by atoms with E-state index in [1.807, 2.05) is 279 Å². The van der Waals surface area contributed by atoms with Crippen LogP contribution < -0.4 is 45.5 Å². The summed E-state index contributed by atoms with van der Waals surface area (Å²) < 4.78 is 133. The third kappa shape index (κ3) is 9.50. The van der Waals surface area contributed by atoms with Gasteiger partial charge >= 0.3 is 495 Å². The Bertz CT molecular complexity index is 3990. The Morgan fingerprint density at radius 3 is 0.744 bits per heavy atom. The van der Waals surface area contributed by atoms with Crippen molar-refractivity contribution in [2.75, 3.05) is 0 Å². The molecule has 0 aromatic heterocycles. The van der Waals surface area contributed by atoms with Gasteiger partial charge in [-0.25, -0.2) is 0 Å². The van der Waals surface area contributed by atoms with E-state index in [-0.39, 0.29) is 6.07 Å². The first-order valence-electron chi connectivity index (χ1n) is 27.7. The first-order valence-corrected chi connectivity index (χ1v) is 31.8. The van der Waals surface area contributed by atoms with Crippen molar-refractivity contribution in [1.29, 1.82) is 0 Å². The van der Waals surface area contributed by atoms with Crippen molar-refractivity contribution in [2.24, 2.45) is 0 Å². The van der Waals surface area contributed by atoms with Crippen LogP contribution in [0.15, 0.2) is 309 Å². The van der Waals surface area contributed by atoms with Crippen molar-refractivity contribution in [3.8, 4) is 17.2 Å². The topological polar surface area (TPSA) is 46.2 Å². The van der Waals surface area contributed by atoms with Gasteiger partial charge in [0.25, 0.3) is 0 Å². The van der Waals surface area contributed by atoms with Crippen LogP contribution in [-0.4, -0.2) is 7.32 Å². The normalized spacial score (nSPS) is 13.1. The van der Waals surface area contributed by atoms with E-state index in [1.54, 1.807) is 0 Å². The molecular formula is C72H51BF6O5P2. The third-order valence-electron chi connectivity index (χ3n) is 15.7. The van der Waals surface area contributed by atoms with E-state index in [1.165, 1.54) is 0 Å². The summed E-state index contributed by atoms with van der Waals surface area (Å²) in [5, 5.41) is 8.42. The summed E-state index contributed by atoms with van der Waals surface area (Å²) in [5.74, 6) is -0.176. The minimum absolute atomic E-state index is 0.0584. The van der Waals surface area contributed by atoms with Crippen LogP contribution in [0.25, 0.3) is 43.1 Å². The Morgan fingerprint density at radius 2 is 0.500 bits per heavy atom. The van der Waals surface area contributed by atoms with Crippen molar-refractivity contribution in [3.63, 3.8) is 0 Å². The van der Waals surface area contributed by atoms with Crippen molar-refractivity contribution in [3.05, 3.63) is 321 Å². The fourth-order valence-electron chi connectivity index (χ4n) is 11.8. The van der Waals surface area contributed by atoms with E-state index in [0.717, 1.165) is 21.5 Å². The standard InChI is InChI=1S/C72H51BF6O5P2/c74-71(75,76)56-49-57(72(77,78)79)51-58(50-56)80-73(83-85(59-31-7-1-8-32-59,60-33-9-2-10-34-60,61-35-11-3-12-36-61)81-69-65-43-23-19-27-52(65)47-53-28-20-24-44-66(53)69)84-86(62-37-13-4-14-38-62,63-39-15-5-16-40-63,64-41-17-6-18-42-64)82-70-67-45-25-21-29-54(67)48-55-30-22-26-46-68(55)70/h1-51H. The van der Waals surface area contributed by atoms with E-state index in [2.05, 4.69) is 12.1 Å². The molecule has 5 nitrogen and oxygen atoms in total. The Kier molecular flexibility index (Phi) is 14.3.